The van der Waals surface area contributed by atoms with Crippen molar-refractivity contribution in [2.45, 2.75) is 71.9 Å². The summed E-state index contributed by atoms with van der Waals surface area (Å²) >= 11 is 0. The van der Waals surface area contributed by atoms with Gasteiger partial charge in [0.2, 0.25) is 5.43 Å². The average molecular weight is 776 g/mol. The first-order valence-electron chi connectivity index (χ1n) is 19.3. The Hall–Kier alpha value is -4.98. The number of ketones is 1. The normalized spacial score (nSPS) is 21.9. The number of benzene rings is 2. The number of anilines is 2. The molecule has 5 heterocycles. The quantitative estimate of drug-likeness (QED) is 0.217. The summed E-state index contributed by atoms with van der Waals surface area (Å²) in [7, 11) is 3.53. The van der Waals surface area contributed by atoms with E-state index in [4.69, 9.17) is 9.47 Å². The van der Waals surface area contributed by atoms with E-state index in [-0.39, 0.29) is 47.2 Å². The Balaban J connectivity index is 0.000000170. The predicted molar refractivity (Wildman–Crippen MR) is 212 cm³/mol. The minimum atomic E-state index is -1.29. The van der Waals surface area contributed by atoms with E-state index in [1.165, 1.54) is 58.0 Å². The summed E-state index contributed by atoms with van der Waals surface area (Å²) in [5, 5.41) is 9.73. The number of fused-ring (bicyclic) bond motifs is 2. The van der Waals surface area contributed by atoms with Gasteiger partial charge in [0.25, 0.3) is 0 Å². The van der Waals surface area contributed by atoms with E-state index in [0.29, 0.717) is 65.4 Å². The molecule has 300 valence electrons. The number of carbonyl (C=O) groups excluding carboxylic acids is 1. The maximum Gasteiger partial charge on any atom is 0.341 e. The lowest BCUT2D eigenvalue weighted by Gasteiger charge is -2.37. The largest absolute Gasteiger partial charge is 0.492 e. The molecule has 3 aliphatic heterocycles. The van der Waals surface area contributed by atoms with Crippen LogP contribution in [-0.2, 0) is 0 Å². The maximum atomic E-state index is 15.3. The highest BCUT2D eigenvalue weighted by Gasteiger charge is 2.38. The monoisotopic (exact) mass is 775 g/mol. The summed E-state index contributed by atoms with van der Waals surface area (Å²) in [4.78, 5) is 55.2. The molecular formula is C42H51F2N5O7. The van der Waals surface area contributed by atoms with Gasteiger partial charge in [0.1, 0.15) is 23.5 Å². The number of carbonyl (C=O) groups is 2. The second-order valence-corrected chi connectivity index (χ2v) is 15.9. The Morgan fingerprint density at radius 2 is 1.39 bits per heavy atom. The standard InChI is InChI=1S/C22H25FN2O4.C19H22FN3O3.CH4/c1-29-21-18-15(20(26)16(22(27)28)11-25(18)14-6-7-14)8-17(23)19(21)24-9-12-4-2-3-5-13(12)10-24;1-11-10-26-19-16-13(18(25)14(12(2)24)9-23(11)16)8-15(20)17(19)22-6-4-21(3)5-7-22;/h8,11-14H,2-7,9-10H2,1H3,(H,27,28);8-9,11H,4-7,10H2,1-3H3;1H4/t12-,13+;11-;/m.0./s1. The van der Waals surface area contributed by atoms with Crippen LogP contribution in [0.15, 0.2) is 34.1 Å². The molecule has 2 aromatic carbocycles. The number of rotatable bonds is 6. The first kappa shape index (κ1) is 39.3. The molecule has 0 unspecified atom stereocenters. The van der Waals surface area contributed by atoms with Crippen LogP contribution < -0.4 is 30.1 Å². The molecule has 9 rings (SSSR count). The highest BCUT2D eigenvalue weighted by molar-refractivity contribution is 6.00. The molecule has 5 aliphatic rings. The molecule has 2 aliphatic carbocycles. The van der Waals surface area contributed by atoms with Crippen LogP contribution in [0.4, 0.5) is 20.2 Å². The van der Waals surface area contributed by atoms with Crippen molar-refractivity contribution >= 4 is 44.9 Å². The van der Waals surface area contributed by atoms with Gasteiger partial charge < -0.3 is 38.4 Å². The third kappa shape index (κ3) is 6.69. The fraction of sp³-hybridized carbons (Fsp3) is 0.524. The van der Waals surface area contributed by atoms with Gasteiger partial charge in [-0.05, 0) is 70.5 Å². The number of piperazine rings is 1. The second kappa shape index (κ2) is 15.2. The number of ether oxygens (including phenoxy) is 2. The van der Waals surface area contributed by atoms with Gasteiger partial charge in [-0.1, -0.05) is 20.3 Å². The summed E-state index contributed by atoms with van der Waals surface area (Å²) in [5.41, 5.74) is 0.572. The minimum Gasteiger partial charge on any atom is -0.492 e. The molecule has 2 saturated carbocycles. The summed E-state index contributed by atoms with van der Waals surface area (Å²) in [5.74, 6) is -0.699. The van der Waals surface area contributed by atoms with E-state index in [0.717, 1.165) is 39.0 Å². The number of carboxylic acid groups (broad SMARTS) is 1. The number of likely N-dealkylation sites (N-methyl/N-ethyl adjacent to an activating group) is 1. The van der Waals surface area contributed by atoms with Crippen molar-refractivity contribution in [3.8, 4) is 11.5 Å². The van der Waals surface area contributed by atoms with Crippen molar-refractivity contribution in [1.82, 2.24) is 14.0 Å². The zero-order chi connectivity index (χ0) is 38.9. The second-order valence-electron chi connectivity index (χ2n) is 15.9. The Morgan fingerprint density at radius 3 is 1.96 bits per heavy atom. The molecule has 56 heavy (non-hydrogen) atoms. The van der Waals surface area contributed by atoms with Gasteiger partial charge in [-0.2, -0.15) is 0 Å². The molecule has 0 bridgehead atoms. The van der Waals surface area contributed by atoms with Crippen LogP contribution in [0.5, 0.6) is 11.5 Å². The molecule has 0 radical (unpaired) electrons. The van der Waals surface area contributed by atoms with Crippen LogP contribution in [0.1, 0.15) is 92.6 Å². The van der Waals surface area contributed by atoms with Crippen molar-refractivity contribution in [2.24, 2.45) is 11.8 Å². The van der Waals surface area contributed by atoms with Crippen LogP contribution in [-0.4, -0.2) is 90.9 Å². The summed E-state index contributed by atoms with van der Waals surface area (Å²) in [6, 6.07) is 2.54. The molecule has 4 aromatic rings. The molecule has 14 heteroatoms. The van der Waals surface area contributed by atoms with Crippen LogP contribution in [0, 0.1) is 23.5 Å². The number of hydrogen-bond donors (Lipinski definition) is 1. The Bertz CT molecular complexity index is 2330. The van der Waals surface area contributed by atoms with E-state index >= 15 is 8.78 Å². The third-order valence-electron chi connectivity index (χ3n) is 12.2. The number of Topliss-reactive ketones (excluding diaryl/α,β-unsaturated/α-hetero) is 1. The summed E-state index contributed by atoms with van der Waals surface area (Å²) in [6.45, 7) is 8.33. The van der Waals surface area contributed by atoms with Crippen LogP contribution in [0.25, 0.3) is 21.8 Å². The molecule has 0 amide bonds. The van der Waals surface area contributed by atoms with Crippen LogP contribution in [0.3, 0.4) is 0 Å². The SMILES string of the molecule is C.CC(=O)c1cn2c3c(c(N4CCN(C)CC4)c(F)cc3c1=O)OC[C@@H]2C.COc1c(N2C[C@H]3CCCC[C@H]3C2)c(F)cc2c(=O)c(C(=O)O)cn(C3CC3)c12. The highest BCUT2D eigenvalue weighted by atomic mass is 19.1. The third-order valence-corrected chi connectivity index (χ3v) is 12.2. The number of methoxy groups -OCH3 is 1. The first-order chi connectivity index (χ1) is 26.4. The van der Waals surface area contributed by atoms with E-state index in [1.54, 1.807) is 6.20 Å². The Kier molecular flexibility index (Phi) is 10.6. The molecular weight excluding hydrogens is 724 g/mol. The van der Waals surface area contributed by atoms with Crippen molar-refractivity contribution in [3.05, 3.63) is 67.7 Å². The van der Waals surface area contributed by atoms with Gasteiger partial charge in [0.15, 0.2) is 34.3 Å². The lowest BCUT2D eigenvalue weighted by molar-refractivity contribution is 0.0694. The summed E-state index contributed by atoms with van der Waals surface area (Å²) < 4.78 is 45.7. The number of nitrogens with zero attached hydrogens (tertiary/aromatic N) is 5. The zero-order valence-electron chi connectivity index (χ0n) is 31.7. The molecule has 3 atom stereocenters. The molecule has 1 N–H and O–H groups in total. The van der Waals surface area contributed by atoms with Gasteiger partial charge in [-0.15, -0.1) is 0 Å². The predicted octanol–water partition coefficient (Wildman–Crippen LogP) is 6.49. The van der Waals surface area contributed by atoms with Crippen molar-refractivity contribution in [2.75, 3.05) is 69.8 Å². The van der Waals surface area contributed by atoms with E-state index in [2.05, 4.69) is 9.80 Å². The van der Waals surface area contributed by atoms with Gasteiger partial charge in [0, 0.05) is 57.7 Å². The van der Waals surface area contributed by atoms with Crippen molar-refractivity contribution in [3.63, 3.8) is 0 Å². The number of pyridine rings is 2. The Morgan fingerprint density at radius 1 is 0.821 bits per heavy atom. The smallest absolute Gasteiger partial charge is 0.341 e. The molecule has 0 spiro atoms. The molecule has 4 fully saturated rings. The van der Waals surface area contributed by atoms with E-state index < -0.39 is 28.5 Å². The number of aromatic nitrogens is 2. The van der Waals surface area contributed by atoms with Crippen LogP contribution >= 0.6 is 0 Å². The maximum absolute atomic E-state index is 15.3. The lowest BCUT2D eigenvalue weighted by Crippen LogP contribution is -2.45. The number of halogens is 2. The van der Waals surface area contributed by atoms with Gasteiger partial charge in [0.05, 0.1) is 40.5 Å². The molecule has 2 aromatic heterocycles. The minimum absolute atomic E-state index is 0. The van der Waals surface area contributed by atoms with Gasteiger partial charge >= 0.3 is 5.97 Å². The fourth-order valence-electron chi connectivity index (χ4n) is 9.10. The van der Waals surface area contributed by atoms with Crippen molar-refractivity contribution in [1.29, 1.82) is 0 Å². The van der Waals surface area contributed by atoms with Crippen LogP contribution in [0.2, 0.25) is 0 Å². The number of hydrogen-bond acceptors (Lipinski definition) is 9. The fourth-order valence-corrected chi connectivity index (χ4v) is 9.10. The zero-order valence-corrected chi connectivity index (χ0v) is 31.7. The van der Waals surface area contributed by atoms with Gasteiger partial charge in [-0.3, -0.25) is 14.4 Å². The van der Waals surface area contributed by atoms with E-state index in [9.17, 15) is 24.3 Å². The lowest BCUT2D eigenvalue weighted by atomic mass is 9.82. The first-order valence-corrected chi connectivity index (χ1v) is 19.3. The molecule has 12 nitrogen and oxygen atoms in total. The average Bonchev–Trinajstić information content (AvgIpc) is 3.92. The number of carboxylic acids is 1. The summed E-state index contributed by atoms with van der Waals surface area (Å²) in [6.07, 6.45) is 9.60. The van der Waals surface area contributed by atoms with E-state index in [1.807, 2.05) is 28.0 Å². The highest BCUT2D eigenvalue weighted by Crippen LogP contribution is 2.47. The molecule has 2 saturated heterocycles. The van der Waals surface area contributed by atoms with Gasteiger partial charge in [-0.25, -0.2) is 13.6 Å². The Labute approximate surface area is 324 Å². The number of aromatic carboxylic acids is 1. The topological polar surface area (TPSA) is 127 Å². The van der Waals surface area contributed by atoms with Crippen molar-refractivity contribution < 1.29 is 33.0 Å².